The molecule has 4 rings (SSSR count). The number of rotatable bonds is 6. The fourth-order valence-corrected chi connectivity index (χ4v) is 6.58. The predicted octanol–water partition coefficient (Wildman–Crippen LogP) is 2.30. The average molecular weight is 492 g/mol. The number of aryl methyl sites for hydroxylation is 1. The number of anilines is 1. The van der Waals surface area contributed by atoms with E-state index in [0.717, 1.165) is 25.9 Å². The van der Waals surface area contributed by atoms with Gasteiger partial charge in [-0.2, -0.15) is 9.40 Å². The van der Waals surface area contributed by atoms with Crippen molar-refractivity contribution in [2.24, 2.45) is 5.92 Å². The summed E-state index contributed by atoms with van der Waals surface area (Å²) in [6.07, 6.45) is 3.06. The summed E-state index contributed by atoms with van der Waals surface area (Å²) in [5, 5.41) is 7.09. The highest BCUT2D eigenvalue weighted by atomic mass is 32.2. The third kappa shape index (κ3) is 5.00. The van der Waals surface area contributed by atoms with E-state index in [9.17, 15) is 22.4 Å². The lowest BCUT2D eigenvalue weighted by Crippen LogP contribution is -2.44. The fourth-order valence-electron chi connectivity index (χ4n) is 4.68. The molecule has 2 aliphatic rings. The lowest BCUT2D eigenvalue weighted by Gasteiger charge is -2.31. The van der Waals surface area contributed by atoms with Crippen LogP contribution in [0.3, 0.4) is 0 Å². The van der Waals surface area contributed by atoms with Crippen LogP contribution >= 0.6 is 0 Å². The van der Waals surface area contributed by atoms with Crippen LogP contribution in [0.25, 0.3) is 0 Å². The van der Waals surface area contributed by atoms with Gasteiger partial charge in [-0.25, -0.2) is 12.8 Å². The van der Waals surface area contributed by atoms with Crippen LogP contribution < -0.4 is 5.32 Å². The molecule has 2 fully saturated rings. The van der Waals surface area contributed by atoms with E-state index in [1.165, 1.54) is 33.3 Å². The van der Waals surface area contributed by atoms with Gasteiger partial charge in [-0.1, -0.05) is 0 Å². The van der Waals surface area contributed by atoms with Crippen molar-refractivity contribution >= 4 is 27.5 Å². The minimum absolute atomic E-state index is 0.00486. The number of piperidine rings is 1. The summed E-state index contributed by atoms with van der Waals surface area (Å²) >= 11 is 0. The third-order valence-electron chi connectivity index (χ3n) is 6.52. The number of likely N-dealkylation sites (tertiary alicyclic amines) is 1. The van der Waals surface area contributed by atoms with Gasteiger partial charge in [0.2, 0.25) is 21.8 Å². The van der Waals surface area contributed by atoms with Crippen molar-refractivity contribution in [3.05, 3.63) is 41.5 Å². The number of sulfonamides is 1. The van der Waals surface area contributed by atoms with Gasteiger partial charge in [-0.05, 0) is 63.8 Å². The Morgan fingerprint density at radius 2 is 1.76 bits per heavy atom. The van der Waals surface area contributed by atoms with Crippen LogP contribution in [-0.4, -0.2) is 65.4 Å². The minimum atomic E-state index is -3.91. The Balaban J connectivity index is 1.48. The molecule has 0 radical (unpaired) electrons. The van der Waals surface area contributed by atoms with E-state index in [0.29, 0.717) is 36.5 Å². The molecule has 2 aromatic rings. The van der Waals surface area contributed by atoms with Gasteiger partial charge in [-0.3, -0.25) is 14.3 Å². The Labute approximate surface area is 199 Å². The number of hydrogen-bond acceptors (Lipinski definition) is 5. The van der Waals surface area contributed by atoms with Crippen LogP contribution in [0.2, 0.25) is 0 Å². The molecule has 0 spiro atoms. The van der Waals surface area contributed by atoms with Crippen molar-refractivity contribution in [1.82, 2.24) is 19.0 Å². The number of carbonyl (C=O) groups is 2. The summed E-state index contributed by atoms with van der Waals surface area (Å²) in [6, 6.07) is 5.44. The number of halogens is 1. The molecule has 2 amide bonds. The highest BCUT2D eigenvalue weighted by Crippen LogP contribution is 2.28. The first kappa shape index (κ1) is 24.3. The Morgan fingerprint density at radius 3 is 2.44 bits per heavy atom. The summed E-state index contributed by atoms with van der Waals surface area (Å²) in [4.78, 5) is 27.2. The standard InChI is InChI=1S/C23H30FN5O4S/c1-16-22(17(2)29(26-16)15-21(30)27-11-3-4-12-27)34(32,33)28-13-5-6-18(14-28)23(31)25-20-9-7-19(24)8-10-20/h7-10,18H,3-6,11-15H2,1-2H3,(H,25,31). The van der Waals surface area contributed by atoms with Crippen LogP contribution in [0, 0.1) is 25.6 Å². The zero-order valence-electron chi connectivity index (χ0n) is 19.5. The maximum Gasteiger partial charge on any atom is 0.246 e. The molecule has 2 saturated heterocycles. The molecular formula is C23H30FN5O4S. The number of hydrogen-bond donors (Lipinski definition) is 1. The van der Waals surface area contributed by atoms with E-state index in [2.05, 4.69) is 10.4 Å². The van der Waals surface area contributed by atoms with E-state index in [1.54, 1.807) is 18.7 Å². The first-order valence-corrected chi connectivity index (χ1v) is 13.0. The van der Waals surface area contributed by atoms with E-state index in [1.807, 2.05) is 0 Å². The Morgan fingerprint density at radius 1 is 1.09 bits per heavy atom. The summed E-state index contributed by atoms with van der Waals surface area (Å²) < 4.78 is 43.0. The van der Waals surface area contributed by atoms with Crippen molar-refractivity contribution in [3.63, 3.8) is 0 Å². The average Bonchev–Trinajstić information content (AvgIpc) is 3.44. The van der Waals surface area contributed by atoms with Crippen LogP contribution in [0.15, 0.2) is 29.2 Å². The Hall–Kier alpha value is -2.79. The Kier molecular flexibility index (Phi) is 7.04. The van der Waals surface area contributed by atoms with Gasteiger partial charge in [0.15, 0.2) is 0 Å². The summed E-state index contributed by atoms with van der Waals surface area (Å²) in [6.45, 7) is 5.08. The van der Waals surface area contributed by atoms with Crippen molar-refractivity contribution < 1.29 is 22.4 Å². The smallest absolute Gasteiger partial charge is 0.246 e. The normalized spacial score (nSPS) is 19.4. The third-order valence-corrected chi connectivity index (χ3v) is 8.64. The van der Waals surface area contributed by atoms with Crippen molar-refractivity contribution in [2.45, 2.75) is 51.0 Å². The van der Waals surface area contributed by atoms with E-state index in [4.69, 9.17) is 0 Å². The van der Waals surface area contributed by atoms with E-state index < -0.39 is 21.8 Å². The van der Waals surface area contributed by atoms with Gasteiger partial charge < -0.3 is 10.2 Å². The number of amides is 2. The second-order valence-electron chi connectivity index (χ2n) is 8.94. The summed E-state index contributed by atoms with van der Waals surface area (Å²) in [5.74, 6) is -1.29. The minimum Gasteiger partial charge on any atom is -0.341 e. The quantitative estimate of drug-likeness (QED) is 0.668. The number of carbonyl (C=O) groups excluding carboxylic acids is 2. The first-order valence-electron chi connectivity index (χ1n) is 11.5. The number of benzene rings is 1. The molecule has 9 nitrogen and oxygen atoms in total. The van der Waals surface area contributed by atoms with Crippen LogP contribution in [0.5, 0.6) is 0 Å². The zero-order chi connectivity index (χ0) is 24.5. The largest absolute Gasteiger partial charge is 0.341 e. The molecule has 3 heterocycles. The van der Waals surface area contributed by atoms with Gasteiger partial charge in [0.05, 0.1) is 17.3 Å². The predicted molar refractivity (Wildman–Crippen MR) is 124 cm³/mol. The first-order chi connectivity index (χ1) is 16.2. The van der Waals surface area contributed by atoms with Gasteiger partial charge in [0.1, 0.15) is 17.3 Å². The zero-order valence-corrected chi connectivity index (χ0v) is 20.3. The molecule has 1 aromatic carbocycles. The van der Waals surface area contributed by atoms with E-state index in [-0.39, 0.29) is 29.8 Å². The molecule has 1 unspecified atom stereocenters. The van der Waals surface area contributed by atoms with Crippen LogP contribution in [0.1, 0.15) is 37.1 Å². The van der Waals surface area contributed by atoms with Gasteiger partial charge >= 0.3 is 0 Å². The van der Waals surface area contributed by atoms with Crippen LogP contribution in [0.4, 0.5) is 10.1 Å². The highest BCUT2D eigenvalue weighted by Gasteiger charge is 2.36. The molecule has 1 aromatic heterocycles. The summed E-state index contributed by atoms with van der Waals surface area (Å²) in [7, 11) is -3.91. The van der Waals surface area contributed by atoms with Crippen molar-refractivity contribution in [3.8, 4) is 0 Å². The maximum absolute atomic E-state index is 13.6. The number of nitrogens with one attached hydrogen (secondary N) is 1. The van der Waals surface area contributed by atoms with Crippen molar-refractivity contribution in [1.29, 1.82) is 0 Å². The molecule has 11 heteroatoms. The lowest BCUT2D eigenvalue weighted by atomic mass is 9.99. The Bertz CT molecular complexity index is 1170. The number of aromatic nitrogens is 2. The summed E-state index contributed by atoms with van der Waals surface area (Å²) in [5.41, 5.74) is 1.22. The molecule has 184 valence electrons. The monoisotopic (exact) mass is 491 g/mol. The topological polar surface area (TPSA) is 105 Å². The maximum atomic E-state index is 13.6. The molecule has 1 atom stereocenters. The van der Waals surface area contributed by atoms with Gasteiger partial charge in [0.25, 0.3) is 0 Å². The molecule has 0 saturated carbocycles. The highest BCUT2D eigenvalue weighted by molar-refractivity contribution is 7.89. The van der Waals surface area contributed by atoms with E-state index >= 15 is 0 Å². The van der Waals surface area contributed by atoms with Gasteiger partial charge in [-0.15, -0.1) is 0 Å². The van der Waals surface area contributed by atoms with Gasteiger partial charge in [0, 0.05) is 31.9 Å². The second kappa shape index (κ2) is 9.83. The molecular weight excluding hydrogens is 461 g/mol. The van der Waals surface area contributed by atoms with Crippen molar-refractivity contribution in [2.75, 3.05) is 31.5 Å². The second-order valence-corrected chi connectivity index (χ2v) is 10.8. The molecule has 0 bridgehead atoms. The molecule has 1 N–H and O–H groups in total. The SMILES string of the molecule is Cc1nn(CC(=O)N2CCCC2)c(C)c1S(=O)(=O)N1CCCC(C(=O)Nc2ccc(F)cc2)C1. The molecule has 34 heavy (non-hydrogen) atoms. The number of nitrogens with zero attached hydrogens (tertiary/aromatic N) is 4. The molecule has 2 aliphatic heterocycles. The van der Waals surface area contributed by atoms with Crippen LogP contribution in [-0.2, 0) is 26.2 Å². The fraction of sp³-hybridized carbons (Fsp3) is 0.522. The molecule has 0 aliphatic carbocycles. The lowest BCUT2D eigenvalue weighted by molar-refractivity contribution is -0.131.